The van der Waals surface area contributed by atoms with Gasteiger partial charge in [-0.3, -0.25) is 4.98 Å². The molecule has 0 saturated heterocycles. The molecule has 5 nitrogen and oxygen atoms in total. The monoisotopic (exact) mass is 323 g/mol. The number of aryl methyl sites for hydroxylation is 1. The van der Waals surface area contributed by atoms with Crippen LogP contribution in [0.5, 0.6) is 0 Å². The van der Waals surface area contributed by atoms with Crippen LogP contribution in [0.2, 0.25) is 10.2 Å². The summed E-state index contributed by atoms with van der Waals surface area (Å²) in [5, 5.41) is 1.20. The zero-order valence-electron chi connectivity index (χ0n) is 11.8. The van der Waals surface area contributed by atoms with Crippen LogP contribution in [0.1, 0.15) is 22.4 Å². The lowest BCUT2D eigenvalue weighted by Gasteiger charge is -2.19. The number of rotatable bonds is 2. The molecule has 0 atom stereocenters. The molecule has 0 unspecified atom stereocenters. The summed E-state index contributed by atoms with van der Waals surface area (Å²) in [6.45, 7) is 5.38. The fraction of sp³-hybridized carbons (Fsp3) is 0.357. The van der Waals surface area contributed by atoms with E-state index < -0.39 is 0 Å². The van der Waals surface area contributed by atoms with Gasteiger partial charge >= 0.3 is 0 Å². The van der Waals surface area contributed by atoms with Crippen molar-refractivity contribution in [2.45, 2.75) is 26.8 Å². The molecule has 3 rings (SSSR count). The molecule has 7 heteroatoms. The first-order valence-corrected chi connectivity index (χ1v) is 7.40. The zero-order chi connectivity index (χ0) is 15.1. The summed E-state index contributed by atoms with van der Waals surface area (Å²) < 4.78 is 0. The van der Waals surface area contributed by atoms with Crippen molar-refractivity contribution in [2.24, 2.45) is 0 Å². The lowest BCUT2D eigenvalue weighted by atomic mass is 10.1. The molecular weight excluding hydrogens is 309 g/mol. The maximum Gasteiger partial charge on any atom is 0.223 e. The second-order valence-corrected chi connectivity index (χ2v) is 5.91. The Morgan fingerprint density at radius 2 is 2.05 bits per heavy atom. The number of halogens is 2. The van der Waals surface area contributed by atoms with E-state index in [1.54, 1.807) is 6.20 Å². The molecule has 2 N–H and O–H groups in total. The van der Waals surface area contributed by atoms with E-state index in [0.717, 1.165) is 46.2 Å². The van der Waals surface area contributed by atoms with Crippen LogP contribution in [-0.2, 0) is 13.0 Å². The van der Waals surface area contributed by atoms with Crippen molar-refractivity contribution in [3.63, 3.8) is 0 Å². The van der Waals surface area contributed by atoms with E-state index in [1.165, 1.54) is 0 Å². The summed E-state index contributed by atoms with van der Waals surface area (Å²) in [7, 11) is 0. The van der Waals surface area contributed by atoms with Gasteiger partial charge in [-0.15, -0.1) is 0 Å². The van der Waals surface area contributed by atoms with Gasteiger partial charge in [0.05, 0.1) is 12.2 Å². The molecule has 0 fully saturated rings. The molecule has 0 spiro atoms. The van der Waals surface area contributed by atoms with Gasteiger partial charge in [0.2, 0.25) is 5.95 Å². The molecule has 1 aliphatic rings. The van der Waals surface area contributed by atoms with E-state index in [2.05, 4.69) is 19.9 Å². The minimum Gasteiger partial charge on any atom is -0.368 e. The fourth-order valence-corrected chi connectivity index (χ4v) is 2.96. The lowest BCUT2D eigenvalue weighted by molar-refractivity contribution is 0.798. The summed E-state index contributed by atoms with van der Waals surface area (Å²) >= 11 is 12.4. The van der Waals surface area contributed by atoms with Crippen LogP contribution in [0.3, 0.4) is 0 Å². The van der Waals surface area contributed by atoms with Crippen molar-refractivity contribution in [1.82, 2.24) is 15.0 Å². The van der Waals surface area contributed by atoms with Crippen LogP contribution in [0, 0.1) is 13.8 Å². The van der Waals surface area contributed by atoms with E-state index in [0.29, 0.717) is 11.7 Å². The number of nitrogens with two attached hydrogens (primary N) is 1. The molecule has 0 radical (unpaired) electrons. The standard InChI is InChI=1S/C14H15Cl2N5/c1-7-5-18-10(8(2)11(7)15)6-21-4-3-9-12(16)19-14(17)20-13(9)21/h5H,3-4,6H2,1-2H3,(H2,17,19,20). The second-order valence-electron chi connectivity index (χ2n) is 5.17. The molecule has 3 heterocycles. The topological polar surface area (TPSA) is 67.9 Å². The van der Waals surface area contributed by atoms with Gasteiger partial charge in [-0.25, -0.2) is 4.98 Å². The normalized spacial score (nSPS) is 13.6. The highest BCUT2D eigenvalue weighted by Crippen LogP contribution is 2.33. The summed E-state index contributed by atoms with van der Waals surface area (Å²) in [6, 6.07) is 0. The second kappa shape index (κ2) is 5.31. The molecule has 0 saturated carbocycles. The van der Waals surface area contributed by atoms with Crippen molar-refractivity contribution in [1.29, 1.82) is 0 Å². The highest BCUT2D eigenvalue weighted by molar-refractivity contribution is 6.32. The first-order chi connectivity index (χ1) is 9.97. The summed E-state index contributed by atoms with van der Waals surface area (Å²) in [5.41, 5.74) is 9.55. The number of pyridine rings is 1. The van der Waals surface area contributed by atoms with Gasteiger partial charge < -0.3 is 10.6 Å². The highest BCUT2D eigenvalue weighted by Gasteiger charge is 2.25. The van der Waals surface area contributed by atoms with Crippen molar-refractivity contribution in [2.75, 3.05) is 17.2 Å². The van der Waals surface area contributed by atoms with Crippen molar-refractivity contribution in [3.05, 3.63) is 38.8 Å². The molecule has 0 amide bonds. The van der Waals surface area contributed by atoms with E-state index in [-0.39, 0.29) is 5.95 Å². The average molecular weight is 324 g/mol. The third kappa shape index (κ3) is 2.51. The maximum absolute atomic E-state index is 6.29. The predicted molar refractivity (Wildman–Crippen MR) is 84.9 cm³/mol. The average Bonchev–Trinajstić information content (AvgIpc) is 2.83. The molecule has 21 heavy (non-hydrogen) atoms. The minimum absolute atomic E-state index is 0.192. The summed E-state index contributed by atoms with van der Waals surface area (Å²) in [6.07, 6.45) is 2.61. The van der Waals surface area contributed by atoms with E-state index in [1.807, 2.05) is 13.8 Å². The van der Waals surface area contributed by atoms with E-state index >= 15 is 0 Å². The van der Waals surface area contributed by atoms with Gasteiger partial charge in [0.25, 0.3) is 0 Å². The Balaban J connectivity index is 1.94. The van der Waals surface area contributed by atoms with Crippen LogP contribution in [-0.4, -0.2) is 21.5 Å². The zero-order valence-corrected chi connectivity index (χ0v) is 13.3. The minimum atomic E-state index is 0.192. The number of nitrogens with zero attached hydrogens (tertiary/aromatic N) is 4. The number of anilines is 2. The van der Waals surface area contributed by atoms with Gasteiger partial charge in [-0.1, -0.05) is 23.2 Å². The van der Waals surface area contributed by atoms with Crippen LogP contribution in [0.25, 0.3) is 0 Å². The van der Waals surface area contributed by atoms with Gasteiger partial charge in [0.15, 0.2) is 0 Å². The van der Waals surface area contributed by atoms with Gasteiger partial charge in [0, 0.05) is 23.3 Å². The largest absolute Gasteiger partial charge is 0.368 e. The van der Waals surface area contributed by atoms with Gasteiger partial charge in [-0.2, -0.15) is 4.98 Å². The number of hydrogen-bond donors (Lipinski definition) is 1. The van der Waals surface area contributed by atoms with Crippen molar-refractivity contribution in [3.8, 4) is 0 Å². The fourth-order valence-electron chi connectivity index (χ4n) is 2.54. The van der Waals surface area contributed by atoms with E-state index in [4.69, 9.17) is 28.9 Å². The SMILES string of the molecule is Cc1cnc(CN2CCc3c(Cl)nc(N)nc32)c(C)c1Cl. The molecule has 0 bridgehead atoms. The Morgan fingerprint density at radius 3 is 2.81 bits per heavy atom. The van der Waals surface area contributed by atoms with Crippen LogP contribution < -0.4 is 10.6 Å². The number of nitrogen functional groups attached to an aromatic ring is 1. The number of aromatic nitrogens is 3. The number of fused-ring (bicyclic) bond motifs is 1. The quantitative estimate of drug-likeness (QED) is 0.860. The highest BCUT2D eigenvalue weighted by atomic mass is 35.5. The Bertz CT molecular complexity index is 717. The van der Waals surface area contributed by atoms with E-state index in [9.17, 15) is 0 Å². The first kappa shape index (κ1) is 14.4. The molecular formula is C14H15Cl2N5. The smallest absolute Gasteiger partial charge is 0.223 e. The molecule has 110 valence electrons. The van der Waals surface area contributed by atoms with Crippen molar-refractivity contribution < 1.29 is 0 Å². The van der Waals surface area contributed by atoms with Gasteiger partial charge in [0.1, 0.15) is 11.0 Å². The Hall–Kier alpha value is -1.59. The first-order valence-electron chi connectivity index (χ1n) is 6.64. The van der Waals surface area contributed by atoms with Crippen LogP contribution in [0.4, 0.5) is 11.8 Å². The molecule has 2 aromatic rings. The van der Waals surface area contributed by atoms with Gasteiger partial charge in [-0.05, 0) is 31.4 Å². The Morgan fingerprint density at radius 1 is 1.29 bits per heavy atom. The molecule has 0 aromatic carbocycles. The molecule has 2 aromatic heterocycles. The van der Waals surface area contributed by atoms with Crippen molar-refractivity contribution >= 4 is 35.0 Å². The lowest BCUT2D eigenvalue weighted by Crippen LogP contribution is -2.22. The maximum atomic E-state index is 6.29. The predicted octanol–water partition coefficient (Wildman–Crippen LogP) is 2.94. The van der Waals surface area contributed by atoms with Crippen LogP contribution >= 0.6 is 23.2 Å². The summed E-state index contributed by atoms with van der Waals surface area (Å²) in [4.78, 5) is 14.9. The molecule has 0 aliphatic carbocycles. The number of hydrogen-bond acceptors (Lipinski definition) is 5. The third-order valence-electron chi connectivity index (χ3n) is 3.75. The van der Waals surface area contributed by atoms with Crippen LogP contribution in [0.15, 0.2) is 6.20 Å². The summed E-state index contributed by atoms with van der Waals surface area (Å²) in [5.74, 6) is 0.989. The third-order valence-corrected chi connectivity index (χ3v) is 4.64. The Labute approximate surface area is 133 Å². The Kier molecular flexibility index (Phi) is 3.63. The molecule has 1 aliphatic heterocycles.